The maximum absolute atomic E-state index is 8.82. The van der Waals surface area contributed by atoms with Crippen LogP contribution in [0, 0.1) is 0 Å². The van der Waals surface area contributed by atoms with Gasteiger partial charge in [-0.3, -0.25) is 10.2 Å². The predicted octanol–water partition coefficient (Wildman–Crippen LogP) is -0.0545. The minimum absolute atomic E-state index is 0.0679. The van der Waals surface area contributed by atoms with Crippen LogP contribution in [0.15, 0.2) is 0 Å². The third-order valence-corrected chi connectivity index (χ3v) is 1.65. The van der Waals surface area contributed by atoms with Gasteiger partial charge in [0.15, 0.2) is 0 Å². The summed E-state index contributed by atoms with van der Waals surface area (Å²) in [6, 6.07) is 0. The molecule has 66 valence electrons. The van der Waals surface area contributed by atoms with Crippen LogP contribution in [0.5, 0.6) is 0 Å². The molecule has 2 unspecified atom stereocenters. The molecular weight excluding hydrogens is 144 g/mol. The molecule has 1 aliphatic rings. The van der Waals surface area contributed by atoms with Gasteiger partial charge in [0.1, 0.15) is 12.5 Å². The molecule has 2 atom stereocenters. The third kappa shape index (κ3) is 3.67. The number of hydrogen-bond donors (Lipinski definition) is 3. The molecule has 0 saturated carbocycles. The molecule has 0 aromatic carbocycles. The van der Waals surface area contributed by atoms with E-state index in [0.29, 0.717) is 0 Å². The molecular formula is C7H16N2O2. The van der Waals surface area contributed by atoms with Crippen LogP contribution >= 0.6 is 0 Å². The fourth-order valence-corrected chi connectivity index (χ4v) is 1.10. The highest BCUT2D eigenvalue weighted by atomic mass is 16.7. The maximum Gasteiger partial charge on any atom is 0.129 e. The van der Waals surface area contributed by atoms with Gasteiger partial charge in [0.25, 0.3) is 0 Å². The van der Waals surface area contributed by atoms with Crippen molar-refractivity contribution in [1.29, 1.82) is 0 Å². The predicted molar refractivity (Wildman–Crippen MR) is 41.5 cm³/mol. The fraction of sp³-hybridized carbons (Fsp3) is 1.00. The first-order chi connectivity index (χ1) is 5.29. The second kappa shape index (κ2) is 4.66. The van der Waals surface area contributed by atoms with Crippen LogP contribution < -0.4 is 10.8 Å². The van der Waals surface area contributed by atoms with E-state index in [1.54, 1.807) is 6.92 Å². The Morgan fingerprint density at radius 1 is 1.64 bits per heavy atom. The van der Waals surface area contributed by atoms with E-state index in [1.165, 1.54) is 12.8 Å². The molecule has 0 aromatic heterocycles. The molecule has 1 fully saturated rings. The van der Waals surface area contributed by atoms with Gasteiger partial charge in [0.2, 0.25) is 0 Å². The zero-order valence-corrected chi connectivity index (χ0v) is 6.84. The molecule has 11 heavy (non-hydrogen) atoms. The van der Waals surface area contributed by atoms with Crippen LogP contribution in [0.2, 0.25) is 0 Å². The van der Waals surface area contributed by atoms with Crippen LogP contribution in [-0.2, 0) is 4.84 Å². The van der Waals surface area contributed by atoms with E-state index in [1.807, 2.05) is 0 Å². The lowest BCUT2D eigenvalue weighted by Crippen LogP contribution is -2.42. The average Bonchev–Trinajstić information content (AvgIpc) is 2.03. The van der Waals surface area contributed by atoms with E-state index in [0.717, 1.165) is 13.0 Å². The normalized spacial score (nSPS) is 28.4. The molecule has 4 heteroatoms. The summed E-state index contributed by atoms with van der Waals surface area (Å²) in [5.74, 6) is 0. The van der Waals surface area contributed by atoms with E-state index in [9.17, 15) is 0 Å². The van der Waals surface area contributed by atoms with E-state index in [-0.39, 0.29) is 6.23 Å². The molecule has 0 radical (unpaired) electrons. The van der Waals surface area contributed by atoms with Crippen molar-refractivity contribution < 1.29 is 9.94 Å². The van der Waals surface area contributed by atoms with Gasteiger partial charge >= 0.3 is 0 Å². The van der Waals surface area contributed by atoms with Crippen molar-refractivity contribution in [3.8, 4) is 0 Å². The first-order valence-electron chi connectivity index (χ1n) is 4.11. The minimum Gasteiger partial charge on any atom is -0.377 e. The van der Waals surface area contributed by atoms with E-state index in [4.69, 9.17) is 9.94 Å². The van der Waals surface area contributed by atoms with Crippen LogP contribution in [0.1, 0.15) is 26.2 Å². The Balaban J connectivity index is 2.05. The van der Waals surface area contributed by atoms with Gasteiger partial charge in [-0.2, -0.15) is 5.48 Å². The molecule has 1 heterocycles. The van der Waals surface area contributed by atoms with E-state index in [2.05, 4.69) is 10.8 Å². The van der Waals surface area contributed by atoms with Crippen LogP contribution in [0.25, 0.3) is 0 Å². The van der Waals surface area contributed by atoms with Crippen molar-refractivity contribution in [1.82, 2.24) is 10.8 Å². The number of aliphatic hydroxyl groups is 1. The summed E-state index contributed by atoms with van der Waals surface area (Å²) < 4.78 is 0. The van der Waals surface area contributed by atoms with Crippen molar-refractivity contribution in [3.05, 3.63) is 0 Å². The lowest BCUT2D eigenvalue weighted by molar-refractivity contribution is -0.109. The highest BCUT2D eigenvalue weighted by Crippen LogP contribution is 2.06. The lowest BCUT2D eigenvalue weighted by atomic mass is 10.1. The standard InChI is InChI=1S/C7H16N2O2/c1-6(10)9-11-7-4-2-3-5-8-7/h6-10H,2-5H2,1H3. The summed E-state index contributed by atoms with van der Waals surface area (Å²) in [5.41, 5.74) is 2.51. The summed E-state index contributed by atoms with van der Waals surface area (Å²) in [7, 11) is 0. The number of nitrogens with one attached hydrogen (secondary N) is 2. The highest BCUT2D eigenvalue weighted by molar-refractivity contribution is 4.62. The number of piperidine rings is 1. The molecule has 1 aliphatic heterocycles. The first kappa shape index (κ1) is 8.93. The molecule has 3 N–H and O–H groups in total. The van der Waals surface area contributed by atoms with Gasteiger partial charge in [-0.15, -0.1) is 0 Å². The topological polar surface area (TPSA) is 53.5 Å². The average molecular weight is 160 g/mol. The molecule has 0 bridgehead atoms. The highest BCUT2D eigenvalue weighted by Gasteiger charge is 2.12. The van der Waals surface area contributed by atoms with E-state index < -0.39 is 6.23 Å². The van der Waals surface area contributed by atoms with Gasteiger partial charge in [-0.05, 0) is 32.7 Å². The molecule has 4 nitrogen and oxygen atoms in total. The first-order valence-corrected chi connectivity index (χ1v) is 4.11. The van der Waals surface area contributed by atoms with Crippen LogP contribution in [-0.4, -0.2) is 24.1 Å². The Morgan fingerprint density at radius 3 is 3.00 bits per heavy atom. The van der Waals surface area contributed by atoms with Gasteiger partial charge in [0.05, 0.1) is 0 Å². The zero-order chi connectivity index (χ0) is 8.10. The summed E-state index contributed by atoms with van der Waals surface area (Å²) in [6.07, 6.45) is 2.89. The largest absolute Gasteiger partial charge is 0.377 e. The lowest BCUT2D eigenvalue weighted by Gasteiger charge is -2.23. The number of hydroxylamine groups is 1. The Bertz CT molecular complexity index is 103. The van der Waals surface area contributed by atoms with Gasteiger partial charge in [0, 0.05) is 0 Å². The second-order valence-electron chi connectivity index (χ2n) is 2.85. The van der Waals surface area contributed by atoms with Crippen molar-refractivity contribution in [3.63, 3.8) is 0 Å². The summed E-state index contributed by atoms with van der Waals surface area (Å²) >= 11 is 0. The SMILES string of the molecule is CC(O)NOC1CCCCN1. The monoisotopic (exact) mass is 160 g/mol. The van der Waals surface area contributed by atoms with Gasteiger partial charge < -0.3 is 5.11 Å². The molecule has 1 rings (SSSR count). The van der Waals surface area contributed by atoms with Crippen molar-refractivity contribution in [2.45, 2.75) is 38.6 Å². The summed E-state index contributed by atoms with van der Waals surface area (Å²) in [6.45, 7) is 2.63. The third-order valence-electron chi connectivity index (χ3n) is 1.65. The molecule has 0 aromatic rings. The van der Waals surface area contributed by atoms with E-state index >= 15 is 0 Å². The Labute approximate surface area is 66.9 Å². The zero-order valence-electron chi connectivity index (χ0n) is 6.84. The van der Waals surface area contributed by atoms with Crippen molar-refractivity contribution in [2.75, 3.05) is 6.54 Å². The molecule has 0 aliphatic carbocycles. The van der Waals surface area contributed by atoms with Gasteiger partial charge in [-0.25, -0.2) is 0 Å². The minimum atomic E-state index is -0.598. The molecule has 0 spiro atoms. The smallest absolute Gasteiger partial charge is 0.129 e. The van der Waals surface area contributed by atoms with Crippen LogP contribution in [0.3, 0.4) is 0 Å². The molecule has 1 saturated heterocycles. The quantitative estimate of drug-likeness (QED) is 0.400. The second-order valence-corrected chi connectivity index (χ2v) is 2.85. The maximum atomic E-state index is 8.82. The summed E-state index contributed by atoms with van der Waals surface area (Å²) in [4.78, 5) is 5.13. The number of rotatable bonds is 3. The molecule has 0 amide bonds. The Morgan fingerprint density at radius 2 is 2.45 bits per heavy atom. The summed E-state index contributed by atoms with van der Waals surface area (Å²) in [5, 5.41) is 12.0. The fourth-order valence-electron chi connectivity index (χ4n) is 1.10. The number of hydrogen-bond acceptors (Lipinski definition) is 4. The van der Waals surface area contributed by atoms with Gasteiger partial charge in [-0.1, -0.05) is 0 Å². The number of aliphatic hydroxyl groups excluding tert-OH is 1. The van der Waals surface area contributed by atoms with Crippen molar-refractivity contribution >= 4 is 0 Å². The van der Waals surface area contributed by atoms with Crippen LogP contribution in [0.4, 0.5) is 0 Å². The van der Waals surface area contributed by atoms with Crippen molar-refractivity contribution in [2.24, 2.45) is 0 Å². The Hall–Kier alpha value is -0.160. The Kier molecular flexibility index (Phi) is 3.79.